The molecule has 0 saturated carbocycles. The maximum atomic E-state index is 3.71. The van der Waals surface area contributed by atoms with E-state index in [1.807, 2.05) is 0 Å². The molecule has 1 heteroatoms. The maximum Gasteiger partial charge on any atom is 0.0364 e. The predicted molar refractivity (Wildman–Crippen MR) is 122 cm³/mol. The Kier molecular flexibility index (Phi) is 3.48. The zero-order valence-electron chi connectivity index (χ0n) is 15.2. The molecule has 0 N–H and O–H groups in total. The molecule has 1 atom stereocenters. The van der Waals surface area contributed by atoms with E-state index in [0.29, 0.717) is 0 Å². The Morgan fingerprint density at radius 2 is 1.14 bits per heavy atom. The van der Waals surface area contributed by atoms with E-state index in [4.69, 9.17) is 0 Å². The normalized spacial score (nSPS) is 15.0. The van der Waals surface area contributed by atoms with Crippen LogP contribution in [0.4, 0.5) is 0 Å². The van der Waals surface area contributed by atoms with Gasteiger partial charge in [0.15, 0.2) is 0 Å². The third-order valence-corrected chi connectivity index (χ3v) is 6.48. The Morgan fingerprint density at radius 3 is 1.89 bits per heavy atom. The van der Waals surface area contributed by atoms with Crippen molar-refractivity contribution in [2.75, 3.05) is 0 Å². The average Bonchev–Trinajstić information content (AvgIpc) is 3.05. The monoisotopic (exact) mass is 420 g/mol. The van der Waals surface area contributed by atoms with Crippen LogP contribution >= 0.6 is 15.9 Å². The second kappa shape index (κ2) is 6.05. The molecular formula is C27H17Br. The van der Waals surface area contributed by atoms with Crippen LogP contribution in [0.15, 0.2) is 102 Å². The van der Waals surface area contributed by atoms with Crippen LogP contribution in [0, 0.1) is 0 Å². The van der Waals surface area contributed by atoms with Crippen LogP contribution in [0.5, 0.6) is 0 Å². The molecule has 132 valence electrons. The van der Waals surface area contributed by atoms with E-state index in [2.05, 4.69) is 113 Å². The van der Waals surface area contributed by atoms with Gasteiger partial charge in [-0.25, -0.2) is 0 Å². The molecule has 0 aromatic heterocycles. The largest absolute Gasteiger partial charge is 0.0619 e. The molecule has 5 aromatic rings. The summed E-state index contributed by atoms with van der Waals surface area (Å²) in [6.07, 6.45) is 0. The molecule has 0 saturated heterocycles. The van der Waals surface area contributed by atoms with Crippen LogP contribution in [0.3, 0.4) is 0 Å². The molecule has 0 bridgehead atoms. The first kappa shape index (κ1) is 16.1. The van der Waals surface area contributed by atoms with Crippen molar-refractivity contribution in [2.45, 2.75) is 5.92 Å². The van der Waals surface area contributed by atoms with Gasteiger partial charge < -0.3 is 0 Å². The summed E-state index contributed by atoms with van der Waals surface area (Å²) in [5, 5.41) is 5.29. The number of hydrogen-bond donors (Lipinski definition) is 0. The molecule has 0 fully saturated rings. The molecule has 5 aromatic carbocycles. The van der Waals surface area contributed by atoms with Crippen molar-refractivity contribution in [3.63, 3.8) is 0 Å². The third-order valence-electron chi connectivity index (χ3n) is 5.99. The van der Waals surface area contributed by atoms with Crippen LogP contribution < -0.4 is 0 Å². The lowest BCUT2D eigenvalue weighted by molar-refractivity contribution is 1.04. The van der Waals surface area contributed by atoms with Crippen molar-refractivity contribution >= 4 is 37.5 Å². The Labute approximate surface area is 172 Å². The highest BCUT2D eigenvalue weighted by Gasteiger charge is 2.31. The molecule has 0 unspecified atom stereocenters. The topological polar surface area (TPSA) is 0 Å². The van der Waals surface area contributed by atoms with Crippen LogP contribution in [0.25, 0.3) is 32.7 Å². The van der Waals surface area contributed by atoms with Crippen LogP contribution in [0.2, 0.25) is 0 Å². The minimum Gasteiger partial charge on any atom is -0.0619 e. The van der Waals surface area contributed by atoms with Gasteiger partial charge in [0.1, 0.15) is 0 Å². The van der Waals surface area contributed by atoms with E-state index >= 15 is 0 Å². The Morgan fingerprint density at radius 1 is 0.536 bits per heavy atom. The molecule has 0 spiro atoms. The highest BCUT2D eigenvalue weighted by atomic mass is 79.9. The molecule has 0 radical (unpaired) electrons. The number of rotatable bonds is 1. The van der Waals surface area contributed by atoms with Crippen molar-refractivity contribution in [1.29, 1.82) is 0 Å². The third kappa shape index (κ3) is 2.23. The highest BCUT2D eigenvalue weighted by Crippen LogP contribution is 2.51. The van der Waals surface area contributed by atoms with E-state index < -0.39 is 0 Å². The SMILES string of the molecule is Brc1ccc2c(c1)[C@H](c1c3ccccc3cc3ccccc13)c1ccccc1-2. The number of benzene rings is 5. The van der Waals surface area contributed by atoms with E-state index in [1.54, 1.807) is 0 Å². The van der Waals surface area contributed by atoms with Gasteiger partial charge in [-0.05, 0) is 67.6 Å². The van der Waals surface area contributed by atoms with Gasteiger partial charge in [-0.3, -0.25) is 0 Å². The summed E-state index contributed by atoms with van der Waals surface area (Å²) >= 11 is 3.71. The summed E-state index contributed by atoms with van der Waals surface area (Å²) < 4.78 is 1.13. The van der Waals surface area contributed by atoms with Gasteiger partial charge in [0.05, 0.1) is 0 Å². The molecule has 6 rings (SSSR count). The molecule has 1 aliphatic rings. The Hall–Kier alpha value is -2.90. The maximum absolute atomic E-state index is 3.71. The van der Waals surface area contributed by atoms with Gasteiger partial charge in [-0.1, -0.05) is 94.8 Å². The van der Waals surface area contributed by atoms with Crippen molar-refractivity contribution in [3.05, 3.63) is 118 Å². The van der Waals surface area contributed by atoms with Crippen molar-refractivity contribution in [3.8, 4) is 11.1 Å². The van der Waals surface area contributed by atoms with E-state index in [1.165, 1.54) is 49.4 Å². The minimum absolute atomic E-state index is 0.236. The van der Waals surface area contributed by atoms with Crippen LogP contribution in [0.1, 0.15) is 22.6 Å². The lowest BCUT2D eigenvalue weighted by atomic mass is 9.83. The van der Waals surface area contributed by atoms with Gasteiger partial charge in [-0.2, -0.15) is 0 Å². The summed E-state index contributed by atoms with van der Waals surface area (Å²) in [4.78, 5) is 0. The molecule has 0 heterocycles. The molecule has 28 heavy (non-hydrogen) atoms. The Balaban J connectivity index is 1.80. The lowest BCUT2D eigenvalue weighted by Crippen LogP contribution is -2.02. The number of hydrogen-bond acceptors (Lipinski definition) is 0. The van der Waals surface area contributed by atoms with Crippen molar-refractivity contribution < 1.29 is 0 Å². The summed E-state index contributed by atoms with van der Waals surface area (Å²) in [5.41, 5.74) is 6.90. The molecule has 0 aliphatic heterocycles. The smallest absolute Gasteiger partial charge is 0.0364 e. The second-order valence-electron chi connectivity index (χ2n) is 7.48. The van der Waals surface area contributed by atoms with Gasteiger partial charge in [-0.15, -0.1) is 0 Å². The first-order valence-electron chi connectivity index (χ1n) is 9.60. The first-order chi connectivity index (χ1) is 13.8. The van der Waals surface area contributed by atoms with E-state index in [9.17, 15) is 0 Å². The highest BCUT2D eigenvalue weighted by molar-refractivity contribution is 9.10. The number of halogens is 1. The number of fused-ring (bicyclic) bond motifs is 5. The van der Waals surface area contributed by atoms with E-state index in [0.717, 1.165) is 4.47 Å². The zero-order valence-corrected chi connectivity index (χ0v) is 16.8. The molecule has 1 aliphatic carbocycles. The van der Waals surface area contributed by atoms with Crippen molar-refractivity contribution in [1.82, 2.24) is 0 Å². The van der Waals surface area contributed by atoms with Gasteiger partial charge >= 0.3 is 0 Å². The molecule has 0 amide bonds. The zero-order chi connectivity index (χ0) is 18.7. The first-order valence-corrected chi connectivity index (χ1v) is 10.4. The van der Waals surface area contributed by atoms with E-state index in [-0.39, 0.29) is 5.92 Å². The minimum atomic E-state index is 0.236. The summed E-state index contributed by atoms with van der Waals surface area (Å²) in [6, 6.07) is 35.5. The van der Waals surface area contributed by atoms with Crippen molar-refractivity contribution in [2.24, 2.45) is 0 Å². The summed E-state index contributed by atoms with van der Waals surface area (Å²) in [7, 11) is 0. The average molecular weight is 421 g/mol. The lowest BCUT2D eigenvalue weighted by Gasteiger charge is -2.20. The van der Waals surface area contributed by atoms with Crippen LogP contribution in [-0.4, -0.2) is 0 Å². The van der Waals surface area contributed by atoms with Gasteiger partial charge in [0.25, 0.3) is 0 Å². The molecule has 0 nitrogen and oxygen atoms in total. The fourth-order valence-electron chi connectivity index (χ4n) is 4.85. The summed E-state index contributed by atoms with van der Waals surface area (Å²) in [6.45, 7) is 0. The predicted octanol–water partition coefficient (Wildman–Crippen LogP) is 7.92. The van der Waals surface area contributed by atoms with Gasteiger partial charge in [0.2, 0.25) is 0 Å². The summed E-state index contributed by atoms with van der Waals surface area (Å²) in [5.74, 6) is 0.236. The Bertz CT molecular complexity index is 1330. The van der Waals surface area contributed by atoms with Gasteiger partial charge in [0, 0.05) is 10.4 Å². The quantitative estimate of drug-likeness (QED) is 0.237. The standard InChI is InChI=1S/C27H17Br/c28-19-13-14-23-22-11-5-6-12-24(22)27(25(23)16-19)26-20-9-3-1-7-17(20)15-18-8-2-4-10-21(18)26/h1-16,27H/t27-/m1/s1. The molecular weight excluding hydrogens is 404 g/mol. The fraction of sp³-hybridized carbons (Fsp3) is 0.0370. The fourth-order valence-corrected chi connectivity index (χ4v) is 5.23. The van der Waals surface area contributed by atoms with Crippen LogP contribution in [-0.2, 0) is 0 Å². The second-order valence-corrected chi connectivity index (χ2v) is 8.40.